The van der Waals surface area contributed by atoms with Crippen LogP contribution in [-0.4, -0.2) is 42.4 Å². The first kappa shape index (κ1) is 16.8. The number of para-hydroxylation sites is 1. The highest BCUT2D eigenvalue weighted by Crippen LogP contribution is 2.30. The number of carbonyl (C=O) groups excluding carboxylic acids is 2. The molecule has 1 aliphatic heterocycles. The number of piperazine rings is 1. The quantitative estimate of drug-likeness (QED) is 0.866. The third-order valence-electron chi connectivity index (χ3n) is 4.00. The second-order valence-corrected chi connectivity index (χ2v) is 5.85. The van der Waals surface area contributed by atoms with Crippen LogP contribution in [0.15, 0.2) is 30.3 Å². The first-order valence-electron chi connectivity index (χ1n) is 7.59. The molecule has 1 aliphatic carbocycles. The summed E-state index contributed by atoms with van der Waals surface area (Å²) in [6.07, 6.45) is 2.65. The van der Waals surface area contributed by atoms with Crippen molar-refractivity contribution >= 4 is 29.9 Å². The molecule has 22 heavy (non-hydrogen) atoms. The molecule has 0 bridgehead atoms. The molecule has 2 fully saturated rings. The monoisotopic (exact) mass is 323 g/mol. The number of nitrogens with zero attached hydrogens (tertiary/aromatic N) is 1. The van der Waals surface area contributed by atoms with Gasteiger partial charge in [-0.25, -0.2) is 0 Å². The summed E-state index contributed by atoms with van der Waals surface area (Å²) in [4.78, 5) is 26.3. The van der Waals surface area contributed by atoms with Crippen LogP contribution in [0.1, 0.15) is 19.3 Å². The molecular weight excluding hydrogens is 302 g/mol. The molecule has 1 aromatic carbocycles. The van der Waals surface area contributed by atoms with Crippen LogP contribution in [0.5, 0.6) is 0 Å². The molecular formula is C16H22ClN3O2. The maximum absolute atomic E-state index is 12.4. The largest absolute Gasteiger partial charge is 0.340 e. The zero-order chi connectivity index (χ0) is 14.7. The number of hydrogen-bond acceptors (Lipinski definition) is 3. The lowest BCUT2D eigenvalue weighted by Crippen LogP contribution is -2.56. The molecule has 0 radical (unpaired) electrons. The van der Waals surface area contributed by atoms with Crippen LogP contribution in [0.3, 0.4) is 0 Å². The lowest BCUT2D eigenvalue weighted by atomic mass is 10.1. The molecule has 0 spiro atoms. The molecule has 1 heterocycles. The first-order valence-corrected chi connectivity index (χ1v) is 7.59. The number of halogens is 1. The molecule has 0 aromatic heterocycles. The van der Waals surface area contributed by atoms with Crippen LogP contribution in [0.2, 0.25) is 0 Å². The van der Waals surface area contributed by atoms with Gasteiger partial charge in [0.15, 0.2) is 0 Å². The van der Waals surface area contributed by atoms with E-state index in [4.69, 9.17) is 0 Å². The van der Waals surface area contributed by atoms with Crippen molar-refractivity contribution in [2.45, 2.75) is 25.3 Å². The molecule has 1 saturated carbocycles. The number of benzene rings is 1. The highest BCUT2D eigenvalue weighted by molar-refractivity contribution is 5.95. The summed E-state index contributed by atoms with van der Waals surface area (Å²) in [5, 5.41) is 5.99. The summed E-state index contributed by atoms with van der Waals surface area (Å²) in [7, 11) is 0. The minimum absolute atomic E-state index is 0. The number of hydrogen-bond donors (Lipinski definition) is 2. The van der Waals surface area contributed by atoms with Crippen molar-refractivity contribution in [1.29, 1.82) is 0 Å². The molecule has 1 unspecified atom stereocenters. The van der Waals surface area contributed by atoms with Gasteiger partial charge in [0.2, 0.25) is 11.8 Å². The number of amides is 2. The molecule has 3 rings (SSSR count). The van der Waals surface area contributed by atoms with Crippen molar-refractivity contribution in [1.82, 2.24) is 10.2 Å². The summed E-state index contributed by atoms with van der Waals surface area (Å²) >= 11 is 0. The normalized spacial score (nSPS) is 21.2. The van der Waals surface area contributed by atoms with Gasteiger partial charge in [0.05, 0.1) is 12.5 Å². The maximum Gasteiger partial charge on any atom is 0.240 e. The fourth-order valence-corrected chi connectivity index (χ4v) is 2.66. The van der Waals surface area contributed by atoms with Gasteiger partial charge in [0.1, 0.15) is 0 Å². The van der Waals surface area contributed by atoms with E-state index in [0.717, 1.165) is 25.3 Å². The van der Waals surface area contributed by atoms with E-state index in [1.54, 1.807) is 0 Å². The standard InChI is InChI=1S/C16H21N3O2.ClH/c20-15(18-13-4-2-1-3-5-13)10-14-16(21)19(9-8-17-14)11-12-6-7-12;/h1-5,12,14,17H,6-11H2,(H,18,20);1H. The summed E-state index contributed by atoms with van der Waals surface area (Å²) in [6, 6.07) is 8.94. The van der Waals surface area contributed by atoms with Crippen molar-refractivity contribution in [2.75, 3.05) is 25.0 Å². The summed E-state index contributed by atoms with van der Waals surface area (Å²) < 4.78 is 0. The van der Waals surface area contributed by atoms with Gasteiger partial charge in [-0.15, -0.1) is 12.4 Å². The Morgan fingerprint density at radius 3 is 2.68 bits per heavy atom. The van der Waals surface area contributed by atoms with Crippen molar-refractivity contribution in [3.8, 4) is 0 Å². The Bertz CT molecular complexity index is 519. The first-order chi connectivity index (χ1) is 10.2. The number of carbonyl (C=O) groups is 2. The van der Waals surface area contributed by atoms with Gasteiger partial charge in [0.25, 0.3) is 0 Å². The third kappa shape index (κ3) is 4.45. The Balaban J connectivity index is 0.00000176. The highest BCUT2D eigenvalue weighted by Gasteiger charge is 2.33. The van der Waals surface area contributed by atoms with E-state index in [1.165, 1.54) is 12.8 Å². The Kier molecular flexibility index (Phi) is 5.80. The predicted molar refractivity (Wildman–Crippen MR) is 88.0 cm³/mol. The van der Waals surface area contributed by atoms with E-state index >= 15 is 0 Å². The zero-order valence-corrected chi connectivity index (χ0v) is 13.3. The van der Waals surface area contributed by atoms with E-state index in [-0.39, 0.29) is 36.7 Å². The average Bonchev–Trinajstić information content (AvgIpc) is 3.28. The summed E-state index contributed by atoms with van der Waals surface area (Å²) in [6.45, 7) is 2.38. The van der Waals surface area contributed by atoms with Crippen LogP contribution < -0.4 is 10.6 Å². The van der Waals surface area contributed by atoms with Crippen molar-refractivity contribution in [3.05, 3.63) is 30.3 Å². The Labute approximate surface area is 136 Å². The van der Waals surface area contributed by atoms with Crippen molar-refractivity contribution < 1.29 is 9.59 Å². The molecule has 2 amide bonds. The fraction of sp³-hybridized carbons (Fsp3) is 0.500. The minimum Gasteiger partial charge on any atom is -0.340 e. The third-order valence-corrected chi connectivity index (χ3v) is 4.00. The number of nitrogens with one attached hydrogen (secondary N) is 2. The van der Waals surface area contributed by atoms with Crippen LogP contribution in [0.4, 0.5) is 5.69 Å². The summed E-state index contributed by atoms with van der Waals surface area (Å²) in [5.74, 6) is 0.627. The fourth-order valence-electron chi connectivity index (χ4n) is 2.66. The van der Waals surface area contributed by atoms with Crippen molar-refractivity contribution in [3.63, 3.8) is 0 Å². The van der Waals surface area contributed by atoms with E-state index in [0.29, 0.717) is 5.92 Å². The SMILES string of the molecule is Cl.O=C(CC1NCCN(CC2CC2)C1=O)Nc1ccccc1. The molecule has 2 aliphatic rings. The van der Waals surface area contributed by atoms with Gasteiger partial charge in [-0.05, 0) is 30.9 Å². The molecule has 1 saturated heterocycles. The molecule has 5 nitrogen and oxygen atoms in total. The van der Waals surface area contributed by atoms with E-state index in [9.17, 15) is 9.59 Å². The van der Waals surface area contributed by atoms with Gasteiger partial charge >= 0.3 is 0 Å². The Morgan fingerprint density at radius 2 is 2.00 bits per heavy atom. The van der Waals surface area contributed by atoms with E-state index < -0.39 is 0 Å². The van der Waals surface area contributed by atoms with Crippen LogP contribution in [-0.2, 0) is 9.59 Å². The minimum atomic E-state index is -0.388. The average molecular weight is 324 g/mol. The van der Waals surface area contributed by atoms with Crippen LogP contribution in [0.25, 0.3) is 0 Å². The van der Waals surface area contributed by atoms with Gasteiger partial charge < -0.3 is 15.5 Å². The zero-order valence-electron chi connectivity index (χ0n) is 12.5. The van der Waals surface area contributed by atoms with Gasteiger partial charge in [0, 0.05) is 25.3 Å². The lowest BCUT2D eigenvalue weighted by Gasteiger charge is -2.33. The molecule has 1 atom stereocenters. The van der Waals surface area contributed by atoms with Crippen LogP contribution >= 0.6 is 12.4 Å². The Hall–Kier alpha value is -1.59. The summed E-state index contributed by atoms with van der Waals surface area (Å²) in [5.41, 5.74) is 0.764. The van der Waals surface area contributed by atoms with E-state index in [1.807, 2.05) is 35.2 Å². The topological polar surface area (TPSA) is 61.4 Å². The van der Waals surface area contributed by atoms with Gasteiger partial charge in [-0.1, -0.05) is 18.2 Å². The number of rotatable bonds is 5. The van der Waals surface area contributed by atoms with Gasteiger partial charge in [-0.2, -0.15) is 0 Å². The Morgan fingerprint density at radius 1 is 1.27 bits per heavy atom. The molecule has 2 N–H and O–H groups in total. The maximum atomic E-state index is 12.4. The number of anilines is 1. The second-order valence-electron chi connectivity index (χ2n) is 5.85. The van der Waals surface area contributed by atoms with Gasteiger partial charge in [-0.3, -0.25) is 9.59 Å². The lowest BCUT2D eigenvalue weighted by molar-refractivity contribution is -0.137. The molecule has 6 heteroatoms. The predicted octanol–water partition coefficient (Wildman–Crippen LogP) is 1.65. The van der Waals surface area contributed by atoms with Crippen molar-refractivity contribution in [2.24, 2.45) is 5.92 Å². The highest BCUT2D eigenvalue weighted by atomic mass is 35.5. The molecule has 1 aromatic rings. The second kappa shape index (κ2) is 7.61. The van der Waals surface area contributed by atoms with E-state index in [2.05, 4.69) is 10.6 Å². The molecule has 120 valence electrons. The smallest absolute Gasteiger partial charge is 0.240 e. The van der Waals surface area contributed by atoms with Crippen LogP contribution in [0, 0.1) is 5.92 Å².